The number of aromatic nitrogens is 3. The quantitative estimate of drug-likeness (QED) is 0.618. The van der Waals surface area contributed by atoms with Gasteiger partial charge in [0.25, 0.3) is 0 Å². The maximum Gasteiger partial charge on any atom is 0.180 e. The average Bonchev–Trinajstić information content (AvgIpc) is 2.38. The van der Waals surface area contributed by atoms with Gasteiger partial charge in [-0.2, -0.15) is 0 Å². The summed E-state index contributed by atoms with van der Waals surface area (Å²) in [6.07, 6.45) is 2.57. The minimum Gasteiger partial charge on any atom is -0.308 e. The maximum absolute atomic E-state index is 5.40. The highest BCUT2D eigenvalue weighted by molar-refractivity contribution is 5.56. The third kappa shape index (κ3) is 2.39. The van der Waals surface area contributed by atoms with Crippen LogP contribution in [0.3, 0.4) is 0 Å². The van der Waals surface area contributed by atoms with E-state index in [1.165, 1.54) is 0 Å². The molecular weight excluding hydrogens is 214 g/mol. The second-order valence-corrected chi connectivity index (χ2v) is 3.73. The molecular formula is C12H15N5. The van der Waals surface area contributed by atoms with Crippen LogP contribution < -0.4 is 11.3 Å². The number of nitrogens with two attached hydrogens (primary N) is 1. The van der Waals surface area contributed by atoms with E-state index < -0.39 is 0 Å². The Morgan fingerprint density at radius 2 is 2.18 bits per heavy atom. The van der Waals surface area contributed by atoms with Crippen LogP contribution in [0.25, 0.3) is 11.5 Å². The van der Waals surface area contributed by atoms with E-state index >= 15 is 0 Å². The Morgan fingerprint density at radius 1 is 1.35 bits per heavy atom. The molecule has 5 heteroatoms. The van der Waals surface area contributed by atoms with Gasteiger partial charge in [0.2, 0.25) is 0 Å². The number of hydrogen-bond acceptors (Lipinski definition) is 5. The summed E-state index contributed by atoms with van der Waals surface area (Å²) < 4.78 is 0. The normalized spacial score (nSPS) is 10.3. The number of anilines is 1. The molecule has 0 aliphatic heterocycles. The summed E-state index contributed by atoms with van der Waals surface area (Å²) in [4.78, 5) is 13.1. The number of hydrogen-bond donors (Lipinski definition) is 2. The van der Waals surface area contributed by atoms with Crippen LogP contribution in [0.4, 0.5) is 5.82 Å². The van der Waals surface area contributed by atoms with Crippen molar-refractivity contribution >= 4 is 5.82 Å². The van der Waals surface area contributed by atoms with E-state index in [9.17, 15) is 0 Å². The van der Waals surface area contributed by atoms with E-state index in [1.807, 2.05) is 32.0 Å². The summed E-state index contributed by atoms with van der Waals surface area (Å²) in [6, 6.07) is 5.71. The molecule has 0 saturated heterocycles. The minimum absolute atomic E-state index is 0.607. The molecule has 0 fully saturated rings. The van der Waals surface area contributed by atoms with Crippen LogP contribution in [-0.4, -0.2) is 15.0 Å². The van der Waals surface area contributed by atoms with Crippen molar-refractivity contribution in [3.8, 4) is 11.5 Å². The van der Waals surface area contributed by atoms with Crippen molar-refractivity contribution < 1.29 is 0 Å². The second kappa shape index (κ2) is 4.88. The average molecular weight is 229 g/mol. The van der Waals surface area contributed by atoms with Gasteiger partial charge in [-0.1, -0.05) is 13.0 Å². The van der Waals surface area contributed by atoms with Crippen molar-refractivity contribution in [2.45, 2.75) is 20.3 Å². The van der Waals surface area contributed by atoms with Gasteiger partial charge in [0.1, 0.15) is 11.5 Å². The van der Waals surface area contributed by atoms with Gasteiger partial charge in [-0.25, -0.2) is 15.8 Å². The Hall–Kier alpha value is -2.01. The Labute approximate surface area is 100 Å². The summed E-state index contributed by atoms with van der Waals surface area (Å²) in [5, 5.41) is 0. The first-order valence-electron chi connectivity index (χ1n) is 5.51. The van der Waals surface area contributed by atoms with E-state index in [4.69, 9.17) is 5.84 Å². The smallest absolute Gasteiger partial charge is 0.180 e. The first-order valence-corrected chi connectivity index (χ1v) is 5.51. The highest BCUT2D eigenvalue weighted by atomic mass is 15.3. The van der Waals surface area contributed by atoms with Crippen molar-refractivity contribution in [2.75, 3.05) is 5.43 Å². The summed E-state index contributed by atoms with van der Waals surface area (Å²) in [7, 11) is 0. The molecule has 0 atom stereocenters. The van der Waals surface area contributed by atoms with Crippen LogP contribution in [-0.2, 0) is 6.42 Å². The third-order valence-corrected chi connectivity index (χ3v) is 2.51. The van der Waals surface area contributed by atoms with Crippen molar-refractivity contribution in [2.24, 2.45) is 5.84 Å². The number of nitrogens with zero attached hydrogens (tertiary/aromatic N) is 3. The van der Waals surface area contributed by atoms with Gasteiger partial charge in [-0.05, 0) is 25.0 Å². The fourth-order valence-electron chi connectivity index (χ4n) is 1.58. The molecule has 0 amide bonds. The van der Waals surface area contributed by atoms with E-state index in [0.717, 1.165) is 23.4 Å². The highest BCUT2D eigenvalue weighted by Crippen LogP contribution is 2.18. The molecule has 0 radical (unpaired) electrons. The Balaban J connectivity index is 2.55. The molecule has 2 heterocycles. The molecule has 2 aromatic rings. The van der Waals surface area contributed by atoms with Crippen LogP contribution in [0.5, 0.6) is 0 Å². The molecule has 2 rings (SSSR count). The standard InChI is InChI=1S/C12H15N5/c1-3-9-7-10(17-13)16-12(15-9)11-8(2)5-4-6-14-11/h4-7H,3,13H2,1-2H3,(H,15,16,17). The van der Waals surface area contributed by atoms with Crippen LogP contribution >= 0.6 is 0 Å². The zero-order chi connectivity index (χ0) is 12.3. The van der Waals surface area contributed by atoms with E-state index in [-0.39, 0.29) is 0 Å². The number of hydrazine groups is 1. The number of pyridine rings is 1. The van der Waals surface area contributed by atoms with Gasteiger partial charge in [0, 0.05) is 18.0 Å². The van der Waals surface area contributed by atoms with E-state index in [0.29, 0.717) is 11.6 Å². The predicted octanol–water partition coefficient (Wildman–Crippen LogP) is 1.70. The lowest BCUT2D eigenvalue weighted by Gasteiger charge is -2.07. The van der Waals surface area contributed by atoms with Gasteiger partial charge in [0.05, 0.1) is 0 Å². The molecule has 0 aliphatic rings. The fraction of sp³-hybridized carbons (Fsp3) is 0.250. The maximum atomic E-state index is 5.40. The number of aryl methyl sites for hydroxylation is 2. The fourth-order valence-corrected chi connectivity index (χ4v) is 1.58. The van der Waals surface area contributed by atoms with Crippen LogP contribution in [0.1, 0.15) is 18.2 Å². The van der Waals surface area contributed by atoms with Crippen molar-refractivity contribution in [1.82, 2.24) is 15.0 Å². The van der Waals surface area contributed by atoms with Gasteiger partial charge < -0.3 is 5.43 Å². The monoisotopic (exact) mass is 229 g/mol. The predicted molar refractivity (Wildman–Crippen MR) is 67.2 cm³/mol. The van der Waals surface area contributed by atoms with Gasteiger partial charge in [-0.3, -0.25) is 4.98 Å². The topological polar surface area (TPSA) is 76.7 Å². The van der Waals surface area contributed by atoms with Crippen LogP contribution in [0.15, 0.2) is 24.4 Å². The highest BCUT2D eigenvalue weighted by Gasteiger charge is 2.08. The first-order chi connectivity index (χ1) is 8.24. The summed E-state index contributed by atoms with van der Waals surface area (Å²) >= 11 is 0. The zero-order valence-corrected chi connectivity index (χ0v) is 9.94. The lowest BCUT2D eigenvalue weighted by Crippen LogP contribution is -2.11. The Bertz CT molecular complexity index is 502. The number of rotatable bonds is 3. The van der Waals surface area contributed by atoms with E-state index in [2.05, 4.69) is 20.4 Å². The van der Waals surface area contributed by atoms with Crippen molar-refractivity contribution in [3.05, 3.63) is 35.7 Å². The molecule has 3 N–H and O–H groups in total. The number of nitrogens with one attached hydrogen (secondary N) is 1. The van der Waals surface area contributed by atoms with E-state index in [1.54, 1.807) is 6.20 Å². The Kier molecular flexibility index (Phi) is 3.30. The minimum atomic E-state index is 0.607. The number of nitrogen functional groups attached to an aromatic ring is 1. The van der Waals surface area contributed by atoms with Gasteiger partial charge in [0.15, 0.2) is 5.82 Å². The lowest BCUT2D eigenvalue weighted by molar-refractivity contribution is 0.992. The molecule has 88 valence electrons. The molecule has 17 heavy (non-hydrogen) atoms. The summed E-state index contributed by atoms with van der Waals surface area (Å²) in [5.41, 5.74) is 5.33. The molecule has 0 unspecified atom stereocenters. The zero-order valence-electron chi connectivity index (χ0n) is 9.94. The lowest BCUT2D eigenvalue weighted by atomic mass is 10.2. The van der Waals surface area contributed by atoms with Crippen LogP contribution in [0.2, 0.25) is 0 Å². The summed E-state index contributed by atoms with van der Waals surface area (Å²) in [5.74, 6) is 6.61. The molecule has 0 aliphatic carbocycles. The van der Waals surface area contributed by atoms with Gasteiger partial charge >= 0.3 is 0 Å². The van der Waals surface area contributed by atoms with Crippen molar-refractivity contribution in [3.63, 3.8) is 0 Å². The molecule has 0 saturated carbocycles. The molecule has 0 bridgehead atoms. The van der Waals surface area contributed by atoms with Crippen molar-refractivity contribution in [1.29, 1.82) is 0 Å². The molecule has 0 spiro atoms. The van der Waals surface area contributed by atoms with Crippen LogP contribution in [0, 0.1) is 6.92 Å². The third-order valence-electron chi connectivity index (χ3n) is 2.51. The Morgan fingerprint density at radius 3 is 2.82 bits per heavy atom. The molecule has 0 aromatic carbocycles. The second-order valence-electron chi connectivity index (χ2n) is 3.73. The van der Waals surface area contributed by atoms with Gasteiger partial charge in [-0.15, -0.1) is 0 Å². The largest absolute Gasteiger partial charge is 0.308 e. The first kappa shape index (κ1) is 11.5. The molecule has 2 aromatic heterocycles. The summed E-state index contributed by atoms with van der Waals surface area (Å²) in [6.45, 7) is 4.03. The molecule has 5 nitrogen and oxygen atoms in total. The SMILES string of the molecule is CCc1cc(NN)nc(-c2ncccc2C)n1.